The maximum Gasteiger partial charge on any atom is 0.270 e. The SMILES string of the molecule is O=c1c(Cl)c2sc3cc([N+](=O)[O-])ccc3nc-2c(Cl)c1Cl. The van der Waals surface area contributed by atoms with E-state index in [2.05, 4.69) is 4.98 Å². The van der Waals surface area contributed by atoms with E-state index in [0.717, 1.165) is 11.3 Å². The van der Waals surface area contributed by atoms with E-state index >= 15 is 0 Å². The van der Waals surface area contributed by atoms with Crippen LogP contribution in [0.2, 0.25) is 15.1 Å². The van der Waals surface area contributed by atoms with Gasteiger partial charge in [-0.05, 0) is 6.07 Å². The minimum absolute atomic E-state index is 0.0255. The Bertz CT molecular complexity index is 941. The van der Waals surface area contributed by atoms with Crippen molar-refractivity contribution < 1.29 is 4.92 Å². The van der Waals surface area contributed by atoms with Gasteiger partial charge in [0, 0.05) is 12.1 Å². The molecule has 3 rings (SSSR count). The number of non-ortho nitro benzene ring substituents is 1. The molecule has 0 radical (unpaired) electrons. The predicted octanol–water partition coefficient (Wildman–Crippen LogP) is 4.63. The van der Waals surface area contributed by atoms with Crippen LogP contribution in [0.3, 0.4) is 0 Å². The number of fused-ring (bicyclic) bond motifs is 2. The minimum Gasteiger partial charge on any atom is -0.286 e. The fourth-order valence-electron chi connectivity index (χ4n) is 1.82. The minimum atomic E-state index is -0.585. The van der Waals surface area contributed by atoms with E-state index in [9.17, 15) is 14.9 Å². The van der Waals surface area contributed by atoms with E-state index in [1.807, 2.05) is 0 Å². The molecular weight excluding hydrogens is 359 g/mol. The molecule has 0 unspecified atom stereocenters. The summed E-state index contributed by atoms with van der Waals surface area (Å²) in [5, 5.41) is 10.6. The van der Waals surface area contributed by atoms with Crippen LogP contribution in [0.5, 0.6) is 0 Å². The first-order valence-corrected chi connectivity index (χ1v) is 7.40. The van der Waals surface area contributed by atoms with Crippen molar-refractivity contribution in [2.75, 3.05) is 0 Å². The molecule has 0 fully saturated rings. The van der Waals surface area contributed by atoms with Crippen molar-refractivity contribution in [3.63, 3.8) is 0 Å². The van der Waals surface area contributed by atoms with Crippen LogP contribution in [-0.2, 0) is 0 Å². The Kier molecular flexibility index (Phi) is 3.49. The largest absolute Gasteiger partial charge is 0.286 e. The van der Waals surface area contributed by atoms with Gasteiger partial charge in [0.05, 0.1) is 25.0 Å². The second-order valence-electron chi connectivity index (χ2n) is 4.07. The number of hydrogen-bond acceptors (Lipinski definition) is 5. The van der Waals surface area contributed by atoms with E-state index in [-0.39, 0.29) is 20.8 Å². The van der Waals surface area contributed by atoms with Gasteiger partial charge in [0.15, 0.2) is 0 Å². The topological polar surface area (TPSA) is 73.1 Å². The highest BCUT2D eigenvalue weighted by atomic mass is 35.5. The number of nitro groups is 1. The molecule has 1 aromatic carbocycles. The monoisotopic (exact) mass is 360 g/mol. The van der Waals surface area contributed by atoms with Gasteiger partial charge in [-0.3, -0.25) is 14.9 Å². The summed E-state index contributed by atoms with van der Waals surface area (Å²) in [6, 6.07) is 4.22. The standard InChI is InChI=1S/C12H3Cl3N2O3S/c13-7-8(14)11(18)9(15)12-10(7)16-5-2-1-4(17(19)20)3-6(5)21-12/h1-3H. The molecule has 0 N–H and O–H groups in total. The molecule has 0 atom stereocenters. The van der Waals surface area contributed by atoms with Gasteiger partial charge in [0.1, 0.15) is 15.7 Å². The van der Waals surface area contributed by atoms with Crippen LogP contribution in [0, 0.1) is 10.1 Å². The van der Waals surface area contributed by atoms with Crippen LogP contribution in [0.25, 0.3) is 20.8 Å². The van der Waals surface area contributed by atoms with E-state index < -0.39 is 10.4 Å². The molecule has 106 valence electrons. The first kappa shape index (κ1) is 14.5. The summed E-state index contributed by atoms with van der Waals surface area (Å²) in [5.41, 5.74) is 0.153. The lowest BCUT2D eigenvalue weighted by atomic mass is 10.2. The number of nitro benzene ring substituents is 1. The highest BCUT2D eigenvalue weighted by Crippen LogP contribution is 2.41. The van der Waals surface area contributed by atoms with E-state index in [0.29, 0.717) is 20.8 Å². The molecule has 1 aromatic rings. The third-order valence-corrected chi connectivity index (χ3v) is 5.26. The van der Waals surface area contributed by atoms with Crippen molar-refractivity contribution in [3.05, 3.63) is 53.6 Å². The number of rotatable bonds is 1. The molecular formula is C12H3Cl3N2O3S. The van der Waals surface area contributed by atoms with Crippen LogP contribution in [-0.4, -0.2) is 9.91 Å². The lowest BCUT2D eigenvalue weighted by Gasteiger charge is -2.10. The van der Waals surface area contributed by atoms with Gasteiger partial charge in [0.25, 0.3) is 5.69 Å². The fourth-order valence-corrected chi connectivity index (χ4v) is 3.68. The molecule has 1 aliphatic heterocycles. The summed E-state index contributed by atoms with van der Waals surface area (Å²) in [4.78, 5) is 26.8. The number of benzene rings is 2. The second-order valence-corrected chi connectivity index (χ2v) is 6.26. The summed E-state index contributed by atoms with van der Waals surface area (Å²) in [6.45, 7) is 0. The van der Waals surface area contributed by atoms with E-state index in [4.69, 9.17) is 34.8 Å². The van der Waals surface area contributed by atoms with Crippen molar-refractivity contribution in [1.29, 1.82) is 0 Å². The molecule has 21 heavy (non-hydrogen) atoms. The smallest absolute Gasteiger partial charge is 0.270 e. The predicted molar refractivity (Wildman–Crippen MR) is 84.2 cm³/mol. The van der Waals surface area contributed by atoms with Crippen molar-refractivity contribution in [2.45, 2.75) is 0 Å². The van der Waals surface area contributed by atoms with Gasteiger partial charge in [-0.1, -0.05) is 34.8 Å². The third-order valence-electron chi connectivity index (χ3n) is 2.81. The summed E-state index contributed by atoms with van der Waals surface area (Å²) in [7, 11) is 0. The molecule has 2 aliphatic rings. The fraction of sp³-hybridized carbons (Fsp3) is 0. The van der Waals surface area contributed by atoms with Crippen LogP contribution in [0.1, 0.15) is 0 Å². The summed E-state index contributed by atoms with van der Waals surface area (Å²) in [6.07, 6.45) is 0. The molecule has 1 heterocycles. The Labute approximate surface area is 136 Å². The van der Waals surface area contributed by atoms with E-state index in [1.165, 1.54) is 18.2 Å². The van der Waals surface area contributed by atoms with Gasteiger partial charge < -0.3 is 0 Å². The number of halogens is 3. The quantitative estimate of drug-likeness (QED) is 0.274. The maximum atomic E-state index is 11.8. The summed E-state index contributed by atoms with van der Waals surface area (Å²) in [5.74, 6) is 0. The normalized spacial score (nSPS) is 11.2. The molecule has 0 amide bonds. The van der Waals surface area contributed by atoms with Crippen LogP contribution in [0.4, 0.5) is 5.69 Å². The molecule has 1 aliphatic carbocycles. The van der Waals surface area contributed by atoms with Crippen LogP contribution in [0.15, 0.2) is 23.0 Å². The third kappa shape index (κ3) is 2.24. The first-order valence-electron chi connectivity index (χ1n) is 5.45. The summed E-state index contributed by atoms with van der Waals surface area (Å²) >= 11 is 18.9. The Hall–Kier alpha value is -1.47. The summed E-state index contributed by atoms with van der Waals surface area (Å²) < 4.78 is 0.524. The van der Waals surface area contributed by atoms with Crippen molar-refractivity contribution in [1.82, 2.24) is 4.98 Å². The zero-order valence-corrected chi connectivity index (χ0v) is 13.0. The van der Waals surface area contributed by atoms with Gasteiger partial charge in [-0.25, -0.2) is 4.98 Å². The van der Waals surface area contributed by atoms with Gasteiger partial charge in [-0.2, -0.15) is 0 Å². The van der Waals surface area contributed by atoms with Crippen LogP contribution >= 0.6 is 46.1 Å². The average Bonchev–Trinajstić information content (AvgIpc) is 2.48. The zero-order chi connectivity index (χ0) is 15.3. The lowest BCUT2D eigenvalue weighted by molar-refractivity contribution is -0.384. The number of hydrogen-bond donors (Lipinski definition) is 0. The Morgan fingerprint density at radius 2 is 1.86 bits per heavy atom. The molecule has 0 spiro atoms. The zero-order valence-electron chi connectivity index (χ0n) is 9.89. The average molecular weight is 362 g/mol. The second kappa shape index (κ2) is 5.06. The lowest BCUT2D eigenvalue weighted by Crippen LogP contribution is -2.06. The highest BCUT2D eigenvalue weighted by Gasteiger charge is 2.22. The van der Waals surface area contributed by atoms with Gasteiger partial charge >= 0.3 is 0 Å². The number of aromatic nitrogens is 1. The van der Waals surface area contributed by atoms with Gasteiger partial charge in [0.2, 0.25) is 5.43 Å². The Morgan fingerprint density at radius 1 is 1.14 bits per heavy atom. The molecule has 9 heteroatoms. The Balaban J connectivity index is 2.47. The molecule has 0 saturated carbocycles. The molecule has 0 aromatic heterocycles. The van der Waals surface area contributed by atoms with Crippen molar-refractivity contribution in [3.8, 4) is 10.6 Å². The van der Waals surface area contributed by atoms with Gasteiger partial charge in [-0.15, -0.1) is 11.3 Å². The molecule has 5 nitrogen and oxygen atoms in total. The Morgan fingerprint density at radius 3 is 2.52 bits per heavy atom. The first-order chi connectivity index (χ1) is 9.90. The van der Waals surface area contributed by atoms with Crippen LogP contribution < -0.4 is 5.43 Å². The maximum absolute atomic E-state index is 11.8. The van der Waals surface area contributed by atoms with Crippen molar-refractivity contribution in [2.24, 2.45) is 0 Å². The highest BCUT2D eigenvalue weighted by molar-refractivity contribution is 7.22. The molecule has 0 saturated heterocycles. The number of nitrogens with zero attached hydrogens (tertiary/aromatic N) is 2. The van der Waals surface area contributed by atoms with Crippen molar-refractivity contribution >= 4 is 62.0 Å². The van der Waals surface area contributed by atoms with E-state index in [1.54, 1.807) is 0 Å². The molecule has 0 bridgehead atoms.